The maximum Gasteiger partial charge on any atom is 0.257 e. The average molecular weight is 475 g/mol. The highest BCUT2D eigenvalue weighted by molar-refractivity contribution is 6.10. The number of para-hydroxylation sites is 3. The minimum absolute atomic E-state index is 0.178. The van der Waals surface area contributed by atoms with Gasteiger partial charge in [-0.15, -0.1) is 0 Å². The predicted molar refractivity (Wildman–Crippen MR) is 137 cm³/mol. The normalized spacial score (nSPS) is 13.8. The minimum Gasteiger partial charge on any atom is -0.506 e. The van der Waals surface area contributed by atoms with E-state index in [0.29, 0.717) is 49.7 Å². The van der Waals surface area contributed by atoms with Crippen molar-refractivity contribution in [2.45, 2.75) is 6.92 Å². The molecule has 3 N–H and O–H groups in total. The summed E-state index contributed by atoms with van der Waals surface area (Å²) in [6, 6.07) is 21.4. The van der Waals surface area contributed by atoms with Crippen LogP contribution in [0.2, 0.25) is 0 Å². The Labute approximate surface area is 205 Å². The number of ether oxygens (including phenoxy) is 1. The van der Waals surface area contributed by atoms with E-state index >= 15 is 0 Å². The first-order valence-electron chi connectivity index (χ1n) is 11.7. The second-order valence-corrected chi connectivity index (χ2v) is 8.26. The van der Waals surface area contributed by atoms with E-state index in [0.717, 1.165) is 11.4 Å². The van der Waals surface area contributed by atoms with Crippen molar-refractivity contribution in [3.05, 3.63) is 78.4 Å². The Morgan fingerprint density at radius 1 is 0.886 bits per heavy atom. The van der Waals surface area contributed by atoms with Gasteiger partial charge in [0.25, 0.3) is 5.91 Å². The second kappa shape index (κ2) is 11.4. The van der Waals surface area contributed by atoms with Gasteiger partial charge in [-0.2, -0.15) is 0 Å². The van der Waals surface area contributed by atoms with Gasteiger partial charge in [0.05, 0.1) is 30.1 Å². The number of piperazine rings is 1. The fourth-order valence-corrected chi connectivity index (χ4v) is 4.06. The van der Waals surface area contributed by atoms with E-state index in [1.165, 1.54) is 0 Å². The molecule has 1 saturated heterocycles. The molecule has 0 radical (unpaired) electrons. The largest absolute Gasteiger partial charge is 0.506 e. The zero-order valence-corrected chi connectivity index (χ0v) is 19.7. The molecule has 0 unspecified atom stereocenters. The lowest BCUT2D eigenvalue weighted by molar-refractivity contribution is -0.117. The molecular weight excluding hydrogens is 444 g/mol. The molecule has 182 valence electrons. The lowest BCUT2D eigenvalue weighted by atomic mass is 10.1. The number of phenolic OH excluding ortho intramolecular Hbond substituents is 1. The number of amides is 2. The fourth-order valence-electron chi connectivity index (χ4n) is 4.06. The van der Waals surface area contributed by atoms with Crippen LogP contribution in [-0.2, 0) is 4.79 Å². The molecule has 0 aromatic heterocycles. The van der Waals surface area contributed by atoms with Crippen LogP contribution in [0.4, 0.5) is 17.1 Å². The summed E-state index contributed by atoms with van der Waals surface area (Å²) in [4.78, 5) is 29.8. The smallest absolute Gasteiger partial charge is 0.257 e. The Morgan fingerprint density at radius 2 is 1.57 bits per heavy atom. The lowest BCUT2D eigenvalue weighted by Crippen LogP contribution is -2.48. The first kappa shape index (κ1) is 24.1. The SMILES string of the molecule is CCOc1ccc(NC(=O)c2ccccc2NC(=O)CN2CCN(c3ccccc3O)CC2)cc1. The highest BCUT2D eigenvalue weighted by atomic mass is 16.5. The molecule has 8 heteroatoms. The van der Waals surface area contributed by atoms with Gasteiger partial charge in [-0.3, -0.25) is 14.5 Å². The van der Waals surface area contributed by atoms with Crippen LogP contribution in [0.5, 0.6) is 11.5 Å². The van der Waals surface area contributed by atoms with Crippen LogP contribution < -0.4 is 20.3 Å². The number of anilines is 3. The summed E-state index contributed by atoms with van der Waals surface area (Å²) in [5, 5.41) is 15.8. The van der Waals surface area contributed by atoms with Crippen molar-refractivity contribution in [3.8, 4) is 11.5 Å². The van der Waals surface area contributed by atoms with E-state index in [9.17, 15) is 14.7 Å². The van der Waals surface area contributed by atoms with Gasteiger partial charge in [0.1, 0.15) is 11.5 Å². The third-order valence-electron chi connectivity index (χ3n) is 5.83. The highest BCUT2D eigenvalue weighted by Gasteiger charge is 2.21. The minimum atomic E-state index is -0.304. The molecule has 0 saturated carbocycles. The zero-order valence-electron chi connectivity index (χ0n) is 19.7. The topological polar surface area (TPSA) is 94.1 Å². The molecular formula is C27H30N4O4. The molecule has 0 atom stereocenters. The summed E-state index contributed by atoms with van der Waals surface area (Å²) in [5.41, 5.74) is 2.30. The maximum atomic E-state index is 12.9. The molecule has 1 aliphatic heterocycles. The molecule has 0 aliphatic carbocycles. The van der Waals surface area contributed by atoms with Gasteiger partial charge in [0, 0.05) is 31.9 Å². The third-order valence-corrected chi connectivity index (χ3v) is 5.83. The number of carbonyl (C=O) groups excluding carboxylic acids is 2. The molecule has 3 aromatic carbocycles. The number of aromatic hydroxyl groups is 1. The van der Waals surface area contributed by atoms with Crippen LogP contribution in [0.3, 0.4) is 0 Å². The van der Waals surface area contributed by atoms with E-state index < -0.39 is 0 Å². The first-order chi connectivity index (χ1) is 17.0. The summed E-state index contributed by atoms with van der Waals surface area (Å²) in [6.07, 6.45) is 0. The van der Waals surface area contributed by atoms with Crippen molar-refractivity contribution in [3.63, 3.8) is 0 Å². The number of phenols is 1. The monoisotopic (exact) mass is 474 g/mol. The summed E-state index contributed by atoms with van der Waals surface area (Å²) in [7, 11) is 0. The molecule has 1 heterocycles. The zero-order chi connectivity index (χ0) is 24.6. The molecule has 4 rings (SSSR count). The molecule has 0 bridgehead atoms. The van der Waals surface area contributed by atoms with Crippen LogP contribution in [0.1, 0.15) is 17.3 Å². The van der Waals surface area contributed by atoms with Crippen LogP contribution in [0.25, 0.3) is 0 Å². The van der Waals surface area contributed by atoms with Gasteiger partial charge in [0.2, 0.25) is 5.91 Å². The van der Waals surface area contributed by atoms with Crippen LogP contribution in [0.15, 0.2) is 72.8 Å². The van der Waals surface area contributed by atoms with Crippen LogP contribution >= 0.6 is 0 Å². The van der Waals surface area contributed by atoms with Crippen molar-refractivity contribution >= 4 is 28.9 Å². The van der Waals surface area contributed by atoms with E-state index in [1.807, 2.05) is 19.1 Å². The number of benzene rings is 3. The number of carbonyl (C=O) groups is 2. The van der Waals surface area contributed by atoms with Gasteiger partial charge in [-0.1, -0.05) is 24.3 Å². The predicted octanol–water partition coefficient (Wildman–Crippen LogP) is 3.80. The Bertz CT molecular complexity index is 1160. The van der Waals surface area contributed by atoms with E-state index in [-0.39, 0.29) is 24.1 Å². The quantitative estimate of drug-likeness (QED) is 0.460. The fraction of sp³-hybridized carbons (Fsp3) is 0.259. The van der Waals surface area contributed by atoms with E-state index in [4.69, 9.17) is 4.74 Å². The summed E-state index contributed by atoms with van der Waals surface area (Å²) in [6.45, 7) is 5.53. The van der Waals surface area contributed by atoms with Crippen LogP contribution in [-0.4, -0.2) is 61.2 Å². The second-order valence-electron chi connectivity index (χ2n) is 8.26. The third kappa shape index (κ3) is 6.30. The number of nitrogens with zero attached hydrogens (tertiary/aromatic N) is 2. The Balaban J connectivity index is 1.32. The van der Waals surface area contributed by atoms with Crippen molar-refractivity contribution in [1.29, 1.82) is 0 Å². The molecule has 8 nitrogen and oxygen atoms in total. The standard InChI is InChI=1S/C27H30N4O4/c1-2-35-21-13-11-20(12-14-21)28-27(34)22-7-3-4-8-23(22)29-26(33)19-30-15-17-31(18-16-30)24-9-5-6-10-25(24)32/h3-14,32H,2,15-19H2,1H3,(H,28,34)(H,29,33). The first-order valence-corrected chi connectivity index (χ1v) is 11.7. The highest BCUT2D eigenvalue weighted by Crippen LogP contribution is 2.27. The number of hydrogen-bond donors (Lipinski definition) is 3. The lowest BCUT2D eigenvalue weighted by Gasteiger charge is -2.35. The number of nitrogens with one attached hydrogen (secondary N) is 2. The molecule has 1 fully saturated rings. The Kier molecular flexibility index (Phi) is 7.84. The van der Waals surface area contributed by atoms with Gasteiger partial charge in [0.15, 0.2) is 0 Å². The van der Waals surface area contributed by atoms with Crippen molar-refractivity contribution < 1.29 is 19.4 Å². The van der Waals surface area contributed by atoms with Crippen molar-refractivity contribution in [2.24, 2.45) is 0 Å². The number of rotatable bonds is 8. The Morgan fingerprint density at radius 3 is 2.29 bits per heavy atom. The van der Waals surface area contributed by atoms with Crippen molar-refractivity contribution in [2.75, 3.05) is 54.9 Å². The summed E-state index contributed by atoms with van der Waals surface area (Å²) >= 11 is 0. The summed E-state index contributed by atoms with van der Waals surface area (Å²) < 4.78 is 5.43. The molecule has 35 heavy (non-hydrogen) atoms. The molecule has 2 amide bonds. The van der Waals surface area contributed by atoms with E-state index in [1.54, 1.807) is 60.7 Å². The Hall–Kier alpha value is -4.04. The molecule has 0 spiro atoms. The van der Waals surface area contributed by atoms with Crippen LogP contribution in [0, 0.1) is 0 Å². The van der Waals surface area contributed by atoms with E-state index in [2.05, 4.69) is 20.4 Å². The average Bonchev–Trinajstić information content (AvgIpc) is 2.86. The molecule has 3 aromatic rings. The molecule has 1 aliphatic rings. The van der Waals surface area contributed by atoms with Gasteiger partial charge >= 0.3 is 0 Å². The summed E-state index contributed by atoms with van der Waals surface area (Å²) in [5.74, 6) is 0.516. The van der Waals surface area contributed by atoms with Gasteiger partial charge in [-0.05, 0) is 55.5 Å². The van der Waals surface area contributed by atoms with Gasteiger partial charge in [-0.25, -0.2) is 0 Å². The number of hydrogen-bond acceptors (Lipinski definition) is 6. The van der Waals surface area contributed by atoms with Gasteiger partial charge < -0.3 is 25.4 Å². The maximum absolute atomic E-state index is 12.9. The van der Waals surface area contributed by atoms with Crippen molar-refractivity contribution in [1.82, 2.24) is 4.90 Å².